The van der Waals surface area contributed by atoms with Crippen LogP contribution in [0.25, 0.3) is 0 Å². The summed E-state index contributed by atoms with van der Waals surface area (Å²) >= 11 is 5.69. The summed E-state index contributed by atoms with van der Waals surface area (Å²) in [6, 6.07) is 5.49. The summed E-state index contributed by atoms with van der Waals surface area (Å²) in [5.74, 6) is -0.424. The SMILES string of the molecule is COC[C@@H](C)NC(=O)CNS(=O)(=O)c1ccc(Cl)cc1. The van der Waals surface area contributed by atoms with Gasteiger partial charge in [-0.1, -0.05) is 11.6 Å². The molecule has 0 saturated heterocycles. The summed E-state index contributed by atoms with van der Waals surface area (Å²) in [4.78, 5) is 11.6. The molecule has 0 saturated carbocycles. The fourth-order valence-electron chi connectivity index (χ4n) is 1.48. The van der Waals surface area contributed by atoms with Crippen molar-refractivity contribution >= 4 is 27.5 Å². The number of nitrogens with one attached hydrogen (secondary N) is 2. The Kier molecular flexibility index (Phi) is 6.41. The molecule has 6 nitrogen and oxygen atoms in total. The van der Waals surface area contributed by atoms with Crippen LogP contribution in [0.1, 0.15) is 6.92 Å². The molecule has 0 bridgehead atoms. The zero-order chi connectivity index (χ0) is 15.2. The molecule has 0 fully saturated rings. The molecule has 8 heteroatoms. The number of amides is 1. The largest absolute Gasteiger partial charge is 0.383 e. The van der Waals surface area contributed by atoms with Gasteiger partial charge in [-0.2, -0.15) is 0 Å². The molecule has 0 aliphatic heterocycles. The standard InChI is InChI=1S/C12H17ClN2O4S/c1-9(8-19-2)15-12(16)7-14-20(17,18)11-5-3-10(13)4-6-11/h3-6,9,14H,7-8H2,1-2H3,(H,15,16)/t9-/m1/s1. The van der Waals surface area contributed by atoms with E-state index in [2.05, 4.69) is 10.0 Å². The summed E-state index contributed by atoms with van der Waals surface area (Å²) in [6.07, 6.45) is 0. The zero-order valence-corrected chi connectivity index (χ0v) is 12.8. The molecule has 0 spiro atoms. The van der Waals surface area contributed by atoms with Crippen LogP contribution >= 0.6 is 11.6 Å². The van der Waals surface area contributed by atoms with Gasteiger partial charge >= 0.3 is 0 Å². The quantitative estimate of drug-likeness (QED) is 0.777. The lowest BCUT2D eigenvalue weighted by Crippen LogP contribution is -2.42. The third-order valence-electron chi connectivity index (χ3n) is 2.37. The van der Waals surface area contributed by atoms with E-state index in [-0.39, 0.29) is 17.5 Å². The highest BCUT2D eigenvalue weighted by molar-refractivity contribution is 7.89. The Hall–Kier alpha value is -1.15. The molecule has 0 unspecified atom stereocenters. The Morgan fingerprint density at radius 2 is 1.95 bits per heavy atom. The molecular formula is C12H17ClN2O4S. The normalized spacial score (nSPS) is 12.9. The zero-order valence-electron chi connectivity index (χ0n) is 11.2. The molecule has 1 aromatic rings. The van der Waals surface area contributed by atoms with Crippen LogP contribution in [-0.2, 0) is 19.6 Å². The van der Waals surface area contributed by atoms with Crippen LogP contribution in [0, 0.1) is 0 Å². The number of benzene rings is 1. The molecule has 1 amide bonds. The maximum absolute atomic E-state index is 11.9. The second kappa shape index (κ2) is 7.58. The van der Waals surface area contributed by atoms with Gasteiger partial charge in [0.05, 0.1) is 18.0 Å². The molecule has 1 aromatic carbocycles. The van der Waals surface area contributed by atoms with Crippen LogP contribution in [0.3, 0.4) is 0 Å². The van der Waals surface area contributed by atoms with Gasteiger partial charge in [0.1, 0.15) is 0 Å². The lowest BCUT2D eigenvalue weighted by molar-refractivity contribution is -0.120. The first-order chi connectivity index (χ1) is 9.35. The molecule has 1 rings (SSSR count). The van der Waals surface area contributed by atoms with Crippen molar-refractivity contribution < 1.29 is 17.9 Å². The van der Waals surface area contributed by atoms with Crippen LogP contribution in [0.4, 0.5) is 0 Å². The van der Waals surface area contributed by atoms with E-state index in [0.717, 1.165) is 0 Å². The number of carbonyl (C=O) groups excluding carboxylic acids is 1. The summed E-state index contributed by atoms with van der Waals surface area (Å²) in [5, 5.41) is 3.04. The number of ether oxygens (including phenoxy) is 1. The number of sulfonamides is 1. The molecule has 0 aliphatic rings. The molecule has 1 atom stereocenters. The number of rotatable bonds is 7. The number of carbonyl (C=O) groups is 1. The Morgan fingerprint density at radius 3 is 2.50 bits per heavy atom. The molecule has 0 aromatic heterocycles. The van der Waals surface area contributed by atoms with Crippen molar-refractivity contribution in [2.75, 3.05) is 20.3 Å². The van der Waals surface area contributed by atoms with Gasteiger partial charge < -0.3 is 10.1 Å². The Bertz CT molecular complexity index is 545. The summed E-state index contributed by atoms with van der Waals surface area (Å²) in [6.45, 7) is 1.78. The highest BCUT2D eigenvalue weighted by Gasteiger charge is 2.16. The van der Waals surface area contributed by atoms with Crippen molar-refractivity contribution in [3.05, 3.63) is 29.3 Å². The lowest BCUT2D eigenvalue weighted by Gasteiger charge is -2.13. The van der Waals surface area contributed by atoms with Crippen molar-refractivity contribution in [2.24, 2.45) is 0 Å². The average molecular weight is 321 g/mol. The number of hydrogen-bond acceptors (Lipinski definition) is 4. The fourth-order valence-corrected chi connectivity index (χ4v) is 2.58. The first kappa shape index (κ1) is 16.9. The van der Waals surface area contributed by atoms with E-state index in [0.29, 0.717) is 11.6 Å². The molecule has 0 heterocycles. The molecule has 0 aliphatic carbocycles. The number of hydrogen-bond donors (Lipinski definition) is 2. The predicted molar refractivity (Wildman–Crippen MR) is 76.1 cm³/mol. The van der Waals surface area contributed by atoms with Gasteiger partial charge in [-0.15, -0.1) is 0 Å². The van der Waals surface area contributed by atoms with Gasteiger partial charge in [0.2, 0.25) is 15.9 Å². The second-order valence-corrected chi connectivity index (χ2v) is 6.41. The molecular weight excluding hydrogens is 304 g/mol. The van der Waals surface area contributed by atoms with E-state index in [4.69, 9.17) is 16.3 Å². The Labute approximate surface area is 123 Å². The third-order valence-corrected chi connectivity index (χ3v) is 4.04. The molecule has 112 valence electrons. The highest BCUT2D eigenvalue weighted by Crippen LogP contribution is 2.13. The first-order valence-corrected chi connectivity index (χ1v) is 7.75. The van der Waals surface area contributed by atoms with Crippen molar-refractivity contribution in [1.29, 1.82) is 0 Å². The van der Waals surface area contributed by atoms with Crippen LogP contribution < -0.4 is 10.0 Å². The average Bonchev–Trinajstić information content (AvgIpc) is 2.37. The fraction of sp³-hybridized carbons (Fsp3) is 0.417. The van der Waals surface area contributed by atoms with Gasteiger partial charge in [0.25, 0.3) is 0 Å². The minimum absolute atomic E-state index is 0.0552. The van der Waals surface area contributed by atoms with Crippen LogP contribution in [-0.4, -0.2) is 40.6 Å². The van der Waals surface area contributed by atoms with Crippen LogP contribution in [0.15, 0.2) is 29.2 Å². The number of methoxy groups -OCH3 is 1. The topological polar surface area (TPSA) is 84.5 Å². The minimum Gasteiger partial charge on any atom is -0.383 e. The summed E-state index contributed by atoms with van der Waals surface area (Å²) in [5.41, 5.74) is 0. The molecule has 20 heavy (non-hydrogen) atoms. The first-order valence-electron chi connectivity index (χ1n) is 5.88. The molecule has 2 N–H and O–H groups in total. The Morgan fingerprint density at radius 1 is 1.35 bits per heavy atom. The number of halogens is 1. The van der Waals surface area contributed by atoms with E-state index < -0.39 is 15.9 Å². The van der Waals surface area contributed by atoms with E-state index in [1.165, 1.54) is 31.4 Å². The lowest BCUT2D eigenvalue weighted by atomic mass is 10.3. The monoisotopic (exact) mass is 320 g/mol. The summed E-state index contributed by atoms with van der Waals surface area (Å²) < 4.78 is 30.9. The maximum atomic E-state index is 11.9. The predicted octanol–water partition coefficient (Wildman–Crippen LogP) is 0.769. The van der Waals surface area contributed by atoms with E-state index >= 15 is 0 Å². The van der Waals surface area contributed by atoms with Crippen molar-refractivity contribution in [3.8, 4) is 0 Å². The highest BCUT2D eigenvalue weighted by atomic mass is 35.5. The smallest absolute Gasteiger partial charge is 0.241 e. The van der Waals surface area contributed by atoms with E-state index in [1.807, 2.05) is 0 Å². The van der Waals surface area contributed by atoms with E-state index in [9.17, 15) is 13.2 Å². The van der Waals surface area contributed by atoms with Crippen LogP contribution in [0.2, 0.25) is 5.02 Å². The van der Waals surface area contributed by atoms with Gasteiger partial charge in [0.15, 0.2) is 0 Å². The second-order valence-electron chi connectivity index (χ2n) is 4.20. The third kappa shape index (κ3) is 5.46. The van der Waals surface area contributed by atoms with Crippen molar-refractivity contribution in [3.63, 3.8) is 0 Å². The minimum atomic E-state index is -3.72. The maximum Gasteiger partial charge on any atom is 0.241 e. The van der Waals surface area contributed by atoms with Gasteiger partial charge in [-0.3, -0.25) is 4.79 Å². The van der Waals surface area contributed by atoms with Crippen molar-refractivity contribution in [1.82, 2.24) is 10.0 Å². The van der Waals surface area contributed by atoms with Gasteiger partial charge in [-0.05, 0) is 31.2 Å². The van der Waals surface area contributed by atoms with Gasteiger partial charge in [-0.25, -0.2) is 13.1 Å². The van der Waals surface area contributed by atoms with Crippen molar-refractivity contribution in [2.45, 2.75) is 17.9 Å². The van der Waals surface area contributed by atoms with Gasteiger partial charge in [0, 0.05) is 18.2 Å². The molecule has 0 radical (unpaired) electrons. The Balaban J connectivity index is 2.55. The van der Waals surface area contributed by atoms with E-state index in [1.54, 1.807) is 6.92 Å². The van der Waals surface area contributed by atoms with Crippen LogP contribution in [0.5, 0.6) is 0 Å². The summed E-state index contributed by atoms with van der Waals surface area (Å²) in [7, 11) is -2.20.